The number of hydrogen-bond donors (Lipinski definition) is 0. The van der Waals surface area contributed by atoms with Crippen molar-refractivity contribution >= 4 is 5.78 Å². The number of aryl methyl sites for hydroxylation is 1. The van der Waals surface area contributed by atoms with Crippen LogP contribution in [0.5, 0.6) is 0 Å². The first-order valence-electron chi connectivity index (χ1n) is 7.04. The van der Waals surface area contributed by atoms with E-state index in [1.807, 2.05) is 6.92 Å². The molecule has 1 unspecified atom stereocenters. The van der Waals surface area contributed by atoms with Crippen LogP contribution in [0.3, 0.4) is 0 Å². The first-order valence-corrected chi connectivity index (χ1v) is 7.04. The number of halogens is 1. The van der Waals surface area contributed by atoms with Gasteiger partial charge in [0.2, 0.25) is 0 Å². The normalized spacial score (nSPS) is 25.1. The predicted molar refractivity (Wildman–Crippen MR) is 70.7 cm³/mol. The minimum atomic E-state index is -0.390. The van der Waals surface area contributed by atoms with Crippen LogP contribution in [-0.4, -0.2) is 18.0 Å². The van der Waals surface area contributed by atoms with E-state index in [1.54, 1.807) is 12.1 Å². The van der Waals surface area contributed by atoms with Crippen molar-refractivity contribution in [2.75, 3.05) is 6.61 Å². The molecule has 2 fully saturated rings. The third-order valence-electron chi connectivity index (χ3n) is 4.52. The second-order valence-corrected chi connectivity index (χ2v) is 5.92. The minimum Gasteiger partial charge on any atom is -0.375 e. The summed E-state index contributed by atoms with van der Waals surface area (Å²) in [4.78, 5) is 12.5. The maximum absolute atomic E-state index is 13.9. The Hall–Kier alpha value is -1.22. The Morgan fingerprint density at radius 3 is 2.84 bits per heavy atom. The molecule has 1 heterocycles. The summed E-state index contributed by atoms with van der Waals surface area (Å²) in [7, 11) is 0. The van der Waals surface area contributed by atoms with E-state index >= 15 is 0 Å². The number of ether oxygens (including phenoxy) is 1. The van der Waals surface area contributed by atoms with E-state index in [-0.39, 0.29) is 28.7 Å². The van der Waals surface area contributed by atoms with Gasteiger partial charge in [0.1, 0.15) is 5.82 Å². The lowest BCUT2D eigenvalue weighted by molar-refractivity contribution is -0.137. The smallest absolute Gasteiger partial charge is 0.169 e. The minimum absolute atomic E-state index is 0.0490. The molecule has 0 radical (unpaired) electrons. The number of carbonyl (C=O) groups is 1. The van der Waals surface area contributed by atoms with Crippen molar-refractivity contribution < 1.29 is 13.9 Å². The van der Waals surface area contributed by atoms with Crippen molar-refractivity contribution in [2.45, 2.75) is 44.6 Å². The summed E-state index contributed by atoms with van der Waals surface area (Å²) in [5.41, 5.74) is 1.02. The number of Topliss-reactive ketones (excluding diaryl/α,β-unsaturated/α-hetero) is 1. The van der Waals surface area contributed by atoms with Crippen molar-refractivity contribution in [2.24, 2.45) is 5.92 Å². The topological polar surface area (TPSA) is 26.3 Å². The Morgan fingerprint density at radius 1 is 1.42 bits per heavy atom. The molecule has 1 aliphatic heterocycles. The molecule has 1 aromatic carbocycles. The highest BCUT2D eigenvalue weighted by atomic mass is 19.1. The molecule has 2 aliphatic rings. The third kappa shape index (κ3) is 2.32. The van der Waals surface area contributed by atoms with Gasteiger partial charge in [0.05, 0.1) is 11.2 Å². The zero-order valence-corrected chi connectivity index (χ0v) is 11.2. The van der Waals surface area contributed by atoms with Gasteiger partial charge in [-0.25, -0.2) is 4.39 Å². The molecule has 1 spiro atoms. The summed E-state index contributed by atoms with van der Waals surface area (Å²) >= 11 is 0. The second-order valence-electron chi connectivity index (χ2n) is 5.92. The molecular formula is C16H19FO2. The quantitative estimate of drug-likeness (QED) is 0.760. The average molecular weight is 262 g/mol. The largest absolute Gasteiger partial charge is 0.375 e. The fraction of sp³-hybridized carbons (Fsp3) is 0.562. The highest BCUT2D eigenvalue weighted by Crippen LogP contribution is 2.44. The standard InChI is InChI=1S/C16H19FO2/c1-11-3-4-13(14(17)9-11)15(18)12-5-8-19-16(10-12)6-2-7-16/h3-4,9,12H,2,5-8,10H2,1H3. The van der Waals surface area contributed by atoms with Crippen LogP contribution in [0.15, 0.2) is 18.2 Å². The van der Waals surface area contributed by atoms with E-state index in [2.05, 4.69) is 0 Å². The van der Waals surface area contributed by atoms with Crippen LogP contribution >= 0.6 is 0 Å². The van der Waals surface area contributed by atoms with Gasteiger partial charge in [-0.1, -0.05) is 6.07 Å². The molecule has 0 N–H and O–H groups in total. The Bertz CT molecular complexity index is 505. The van der Waals surface area contributed by atoms with Crippen molar-refractivity contribution in [3.05, 3.63) is 35.1 Å². The fourth-order valence-electron chi connectivity index (χ4n) is 3.21. The molecule has 0 bridgehead atoms. The fourth-order valence-corrected chi connectivity index (χ4v) is 3.21. The molecule has 1 saturated heterocycles. The Labute approximate surface area is 113 Å². The molecule has 0 aromatic heterocycles. The molecular weight excluding hydrogens is 243 g/mol. The van der Waals surface area contributed by atoms with E-state index in [9.17, 15) is 9.18 Å². The molecule has 1 aromatic rings. The molecule has 102 valence electrons. The average Bonchev–Trinajstić information content (AvgIpc) is 2.36. The Balaban J connectivity index is 1.79. The molecule has 1 saturated carbocycles. The van der Waals surface area contributed by atoms with Crippen LogP contribution in [-0.2, 0) is 4.74 Å². The monoisotopic (exact) mass is 262 g/mol. The molecule has 1 aliphatic carbocycles. The maximum atomic E-state index is 13.9. The van der Waals surface area contributed by atoms with Gasteiger partial charge < -0.3 is 4.74 Å². The first kappa shape index (κ1) is 12.8. The maximum Gasteiger partial charge on any atom is 0.169 e. The van der Waals surface area contributed by atoms with E-state index in [0.717, 1.165) is 24.8 Å². The SMILES string of the molecule is Cc1ccc(C(=O)C2CCOC3(CCC3)C2)c(F)c1. The van der Waals surface area contributed by atoms with Gasteiger partial charge in [-0.3, -0.25) is 4.79 Å². The molecule has 2 nitrogen and oxygen atoms in total. The molecule has 1 atom stereocenters. The molecule has 3 heteroatoms. The van der Waals surface area contributed by atoms with E-state index in [0.29, 0.717) is 13.0 Å². The number of hydrogen-bond acceptors (Lipinski definition) is 2. The zero-order valence-electron chi connectivity index (χ0n) is 11.2. The van der Waals surface area contributed by atoms with E-state index in [4.69, 9.17) is 4.74 Å². The summed E-state index contributed by atoms with van der Waals surface area (Å²) in [6.07, 6.45) is 4.76. The van der Waals surface area contributed by atoms with E-state index < -0.39 is 0 Å². The lowest BCUT2D eigenvalue weighted by atomic mass is 9.70. The van der Waals surface area contributed by atoms with Crippen LogP contribution < -0.4 is 0 Å². The summed E-state index contributed by atoms with van der Waals surface area (Å²) < 4.78 is 19.7. The Morgan fingerprint density at radius 2 is 2.21 bits per heavy atom. The number of carbonyl (C=O) groups excluding carboxylic acids is 1. The predicted octanol–water partition coefficient (Wildman–Crippen LogP) is 3.67. The van der Waals surface area contributed by atoms with Crippen molar-refractivity contribution in [3.8, 4) is 0 Å². The van der Waals surface area contributed by atoms with Gasteiger partial charge >= 0.3 is 0 Å². The van der Waals surface area contributed by atoms with Crippen molar-refractivity contribution in [1.82, 2.24) is 0 Å². The van der Waals surface area contributed by atoms with Gasteiger partial charge in [-0.2, -0.15) is 0 Å². The zero-order chi connectivity index (χ0) is 13.5. The van der Waals surface area contributed by atoms with Crippen LogP contribution in [0.2, 0.25) is 0 Å². The van der Waals surface area contributed by atoms with Gasteiger partial charge in [0.15, 0.2) is 5.78 Å². The number of rotatable bonds is 2. The number of benzene rings is 1. The highest BCUT2D eigenvalue weighted by Gasteiger charge is 2.44. The lowest BCUT2D eigenvalue weighted by Gasteiger charge is -2.46. The summed E-state index contributed by atoms with van der Waals surface area (Å²) in [6.45, 7) is 2.46. The molecule has 0 amide bonds. The van der Waals surface area contributed by atoms with Crippen molar-refractivity contribution in [1.29, 1.82) is 0 Å². The number of ketones is 1. The van der Waals surface area contributed by atoms with Crippen LogP contribution in [0.25, 0.3) is 0 Å². The van der Waals surface area contributed by atoms with Crippen LogP contribution in [0.4, 0.5) is 4.39 Å². The van der Waals surface area contributed by atoms with Crippen LogP contribution in [0, 0.1) is 18.7 Å². The van der Waals surface area contributed by atoms with Crippen LogP contribution in [0.1, 0.15) is 48.0 Å². The second kappa shape index (κ2) is 4.71. The molecule has 19 heavy (non-hydrogen) atoms. The van der Waals surface area contributed by atoms with Gasteiger partial charge in [0, 0.05) is 12.5 Å². The summed E-state index contributed by atoms with van der Waals surface area (Å²) in [5, 5.41) is 0. The first-order chi connectivity index (χ1) is 9.10. The highest BCUT2D eigenvalue weighted by molar-refractivity contribution is 5.98. The third-order valence-corrected chi connectivity index (χ3v) is 4.52. The summed E-state index contributed by atoms with van der Waals surface area (Å²) in [5.74, 6) is -0.516. The molecule has 3 rings (SSSR count). The Kier molecular flexibility index (Phi) is 3.17. The van der Waals surface area contributed by atoms with Gasteiger partial charge in [0.25, 0.3) is 0 Å². The van der Waals surface area contributed by atoms with Gasteiger partial charge in [-0.05, 0) is 56.7 Å². The lowest BCUT2D eigenvalue weighted by Crippen LogP contribution is -2.47. The van der Waals surface area contributed by atoms with Gasteiger partial charge in [-0.15, -0.1) is 0 Å². The van der Waals surface area contributed by atoms with E-state index in [1.165, 1.54) is 12.5 Å². The van der Waals surface area contributed by atoms with Crippen molar-refractivity contribution in [3.63, 3.8) is 0 Å². The summed E-state index contributed by atoms with van der Waals surface area (Å²) in [6, 6.07) is 4.86.